The van der Waals surface area contributed by atoms with Gasteiger partial charge in [-0.3, -0.25) is 0 Å². The number of fused-ring (bicyclic) bond motifs is 7. The zero-order valence-corrected chi connectivity index (χ0v) is 51.8. The molecule has 4 aromatic heterocycles. The summed E-state index contributed by atoms with van der Waals surface area (Å²) in [5.74, 6) is 0.101. The van der Waals surface area contributed by atoms with Crippen LogP contribution in [0, 0.1) is 34.0 Å². The van der Waals surface area contributed by atoms with Crippen LogP contribution >= 0.6 is 45.3 Å². The molecule has 0 N–H and O–H groups in total. The molecule has 0 saturated heterocycles. The van der Waals surface area contributed by atoms with E-state index in [9.17, 15) is 15.8 Å². The lowest BCUT2D eigenvalue weighted by molar-refractivity contribution is 0.109. The summed E-state index contributed by atoms with van der Waals surface area (Å²) in [6.07, 6.45) is 44.2. The maximum atomic E-state index is 10.6. The van der Waals surface area contributed by atoms with E-state index in [0.717, 1.165) is 36.1 Å². The van der Waals surface area contributed by atoms with Crippen molar-refractivity contribution in [3.05, 3.63) is 73.7 Å². The number of hydrogen-bond acceptors (Lipinski definition) is 10. The molecule has 6 heterocycles. The van der Waals surface area contributed by atoms with Crippen LogP contribution < -0.4 is 9.80 Å². The normalized spacial score (nSPS) is 14.6. The van der Waals surface area contributed by atoms with E-state index in [4.69, 9.17) is 4.74 Å². The second-order valence-electron chi connectivity index (χ2n) is 23.1. The SMILES string of the molecule is CCCCCCCCCCCCCCCC1(CCCCCCCCCCCCCCC)c2c(sc3cc(/C=C/c4ccc(N(C)C)c(CCC)c4)sc23)-c2sc3cc(C4=C(C#N)C(=C(C#N)C#N)OC4(C)C)sc3c2N1C. The predicted molar refractivity (Wildman–Crippen MR) is 339 cm³/mol. The third-order valence-electron chi connectivity index (χ3n) is 16.6. The van der Waals surface area contributed by atoms with Crippen molar-refractivity contribution in [3.63, 3.8) is 0 Å². The maximum Gasteiger partial charge on any atom is 0.172 e. The van der Waals surface area contributed by atoms with Crippen LogP contribution in [0.25, 0.3) is 46.3 Å². The van der Waals surface area contributed by atoms with E-state index in [1.165, 1.54) is 223 Å². The zero-order chi connectivity index (χ0) is 54.8. The minimum Gasteiger partial charge on any atom is -0.479 e. The molecule has 0 amide bonds. The van der Waals surface area contributed by atoms with Crippen molar-refractivity contribution < 1.29 is 4.74 Å². The molecular weight excluding hydrogens is 1020 g/mol. The summed E-state index contributed by atoms with van der Waals surface area (Å²) in [6, 6.07) is 18.0. The quantitative estimate of drug-likeness (QED) is 0.0301. The molecule has 0 saturated carbocycles. The van der Waals surface area contributed by atoms with E-state index in [-0.39, 0.29) is 16.9 Å². The van der Waals surface area contributed by atoms with Crippen LogP contribution in [0.5, 0.6) is 0 Å². The Morgan fingerprint density at radius 3 is 1.64 bits per heavy atom. The predicted octanol–water partition coefficient (Wildman–Crippen LogP) is 22.1. The molecule has 0 radical (unpaired) electrons. The van der Waals surface area contributed by atoms with Gasteiger partial charge in [0.15, 0.2) is 11.3 Å². The first-order valence-corrected chi connectivity index (χ1v) is 33.5. The van der Waals surface area contributed by atoms with Gasteiger partial charge in [0, 0.05) is 57.1 Å². The van der Waals surface area contributed by atoms with Gasteiger partial charge in [-0.2, -0.15) is 15.8 Å². The Labute approximate surface area is 481 Å². The van der Waals surface area contributed by atoms with Crippen LogP contribution in [0.15, 0.2) is 47.2 Å². The van der Waals surface area contributed by atoms with Gasteiger partial charge < -0.3 is 14.5 Å². The third kappa shape index (κ3) is 14.7. The number of nitriles is 3. The number of ether oxygens (including phenoxy) is 1. The lowest BCUT2D eigenvalue weighted by Crippen LogP contribution is -2.46. The molecule has 2 aliphatic rings. The van der Waals surface area contributed by atoms with Gasteiger partial charge in [0.1, 0.15) is 29.4 Å². The number of unbranched alkanes of at least 4 members (excludes halogenated alkanes) is 24. The van der Waals surface area contributed by atoms with E-state index >= 15 is 0 Å². The highest BCUT2D eigenvalue weighted by molar-refractivity contribution is 7.35. The fourth-order valence-electron chi connectivity index (χ4n) is 12.4. The summed E-state index contributed by atoms with van der Waals surface area (Å²) >= 11 is 7.64. The maximum absolute atomic E-state index is 10.6. The zero-order valence-electron chi connectivity index (χ0n) is 48.5. The van der Waals surface area contributed by atoms with E-state index in [0.29, 0.717) is 5.57 Å². The summed E-state index contributed by atoms with van der Waals surface area (Å²) in [4.78, 5) is 10.1. The van der Waals surface area contributed by atoms with Gasteiger partial charge in [0.05, 0.1) is 30.4 Å². The number of aryl methyl sites for hydroxylation is 1. The number of allylic oxidation sites excluding steroid dienone is 2. The fourth-order valence-corrected chi connectivity index (χ4v) is 18.2. The third-order valence-corrected chi connectivity index (χ3v) is 21.5. The largest absolute Gasteiger partial charge is 0.479 e. The average Bonchev–Trinajstić information content (AvgIpc) is 4.43. The van der Waals surface area contributed by atoms with Crippen molar-refractivity contribution in [3.8, 4) is 28.0 Å². The Morgan fingerprint density at radius 2 is 1.13 bits per heavy atom. The van der Waals surface area contributed by atoms with Gasteiger partial charge in [-0.1, -0.05) is 206 Å². The molecule has 0 atom stereocenters. The molecule has 0 aliphatic carbocycles. The number of nitrogens with zero attached hydrogens (tertiary/aromatic N) is 5. The van der Waals surface area contributed by atoms with Gasteiger partial charge in [-0.05, 0) is 74.6 Å². The number of rotatable bonds is 34. The second kappa shape index (κ2) is 29.7. The molecule has 0 fully saturated rings. The van der Waals surface area contributed by atoms with Crippen molar-refractivity contribution in [2.24, 2.45) is 0 Å². The van der Waals surface area contributed by atoms with Crippen molar-refractivity contribution in [1.82, 2.24) is 0 Å². The Morgan fingerprint density at radius 1 is 0.610 bits per heavy atom. The molecule has 77 heavy (non-hydrogen) atoms. The minimum atomic E-state index is -0.880. The first kappa shape index (κ1) is 60.3. The summed E-state index contributed by atoms with van der Waals surface area (Å²) in [5, 5.41) is 30.3. The molecule has 6 nitrogen and oxygen atoms in total. The second-order valence-corrected chi connectivity index (χ2v) is 27.3. The number of anilines is 2. The Bertz CT molecular complexity index is 2880. The molecule has 0 bridgehead atoms. The van der Waals surface area contributed by atoms with Gasteiger partial charge >= 0.3 is 0 Å². The van der Waals surface area contributed by atoms with Gasteiger partial charge in [-0.15, -0.1) is 45.3 Å². The van der Waals surface area contributed by atoms with Crippen LogP contribution in [-0.4, -0.2) is 26.7 Å². The van der Waals surface area contributed by atoms with Gasteiger partial charge in [0.25, 0.3) is 0 Å². The summed E-state index contributed by atoms with van der Waals surface area (Å²) in [5.41, 5.74) is 6.71. The van der Waals surface area contributed by atoms with Crippen LogP contribution in [0.2, 0.25) is 0 Å². The van der Waals surface area contributed by atoms with Gasteiger partial charge in [-0.25, -0.2) is 0 Å². The van der Waals surface area contributed by atoms with E-state index in [2.05, 4.69) is 100 Å². The number of thiophene rings is 4. The number of hydrogen-bond donors (Lipinski definition) is 0. The fraction of sp³-hybridized carbons (Fsp3) is 0.597. The van der Waals surface area contributed by atoms with E-state index in [1.54, 1.807) is 16.9 Å². The van der Waals surface area contributed by atoms with Crippen molar-refractivity contribution >= 4 is 93.2 Å². The Kier molecular flexibility index (Phi) is 23.3. The number of benzene rings is 1. The van der Waals surface area contributed by atoms with Crippen LogP contribution in [0.4, 0.5) is 11.4 Å². The van der Waals surface area contributed by atoms with Crippen LogP contribution in [0.1, 0.15) is 247 Å². The Balaban J connectivity index is 1.22. The lowest BCUT2D eigenvalue weighted by atomic mass is 9.76. The highest BCUT2D eigenvalue weighted by Gasteiger charge is 2.48. The summed E-state index contributed by atoms with van der Waals surface area (Å²) in [7, 11) is 6.70. The van der Waals surface area contributed by atoms with Crippen molar-refractivity contribution in [1.29, 1.82) is 15.8 Å². The first-order valence-electron chi connectivity index (χ1n) is 30.2. The van der Waals surface area contributed by atoms with Crippen molar-refractivity contribution in [2.75, 3.05) is 30.9 Å². The summed E-state index contributed by atoms with van der Waals surface area (Å²) in [6.45, 7) is 10.8. The monoisotopic (exact) mass is 1110 g/mol. The lowest BCUT2D eigenvalue weighted by Gasteiger charge is -2.47. The first-order chi connectivity index (χ1) is 37.5. The van der Waals surface area contributed by atoms with E-state index < -0.39 is 5.60 Å². The van der Waals surface area contributed by atoms with Crippen LogP contribution in [0.3, 0.4) is 0 Å². The Hall–Kier alpha value is -4.37. The highest BCUT2D eigenvalue weighted by Crippen LogP contribution is 2.64. The molecular formula is C67H91N5OS4. The molecule has 0 spiro atoms. The average molecular weight is 1110 g/mol. The van der Waals surface area contributed by atoms with Crippen LogP contribution in [-0.2, 0) is 16.7 Å². The standard InChI is InChI=1S/C67H91N5OS4/c1-9-12-14-16-18-20-22-24-26-28-30-32-34-41-67(42-35-33-31-29-27-25-23-21-19-17-15-13-10-2)59-62-56(44-52(74-62)39-37-49-38-40-54(71(6)7)50(43-49)36-11-3)76-64(59)65-60(72(67)8)63-57(77-65)45-55(75-63)58-53(48-70)61(51(46-68)47-69)73-66(58,4)5/h37-40,43-45H,9-36,41-42H2,1-8H3/b39-37+. The summed E-state index contributed by atoms with van der Waals surface area (Å²) < 4.78 is 11.7. The topological polar surface area (TPSA) is 87.1 Å². The molecule has 414 valence electrons. The smallest absolute Gasteiger partial charge is 0.172 e. The van der Waals surface area contributed by atoms with Crippen molar-refractivity contribution in [2.45, 2.75) is 238 Å². The molecule has 0 unspecified atom stereocenters. The molecule has 5 aromatic rings. The molecule has 1 aromatic carbocycles. The molecule has 7 rings (SSSR count). The molecule has 10 heteroatoms. The van der Waals surface area contributed by atoms with Gasteiger partial charge in [0.2, 0.25) is 0 Å². The highest BCUT2D eigenvalue weighted by atomic mass is 32.1. The van der Waals surface area contributed by atoms with E-state index in [1.807, 2.05) is 60.0 Å². The minimum absolute atomic E-state index is 0.101. The molecule has 2 aliphatic heterocycles.